The molecule has 1 fully saturated rings. The van der Waals surface area contributed by atoms with Gasteiger partial charge in [0.25, 0.3) is 0 Å². The molecule has 1 aromatic heterocycles. The molecule has 0 saturated carbocycles. The van der Waals surface area contributed by atoms with E-state index in [1.165, 1.54) is 11.1 Å². The molecule has 1 aromatic rings. The lowest BCUT2D eigenvalue weighted by atomic mass is 10.1. The second-order valence-corrected chi connectivity index (χ2v) is 7.16. The summed E-state index contributed by atoms with van der Waals surface area (Å²) in [5.41, 5.74) is 0.268. The summed E-state index contributed by atoms with van der Waals surface area (Å²) in [5, 5.41) is 4.99. The number of carbonyl (C=O) groups is 2. The Bertz CT molecular complexity index is 662. The molecule has 1 aliphatic heterocycles. The van der Waals surface area contributed by atoms with Gasteiger partial charge in [0.05, 0.1) is 11.3 Å². The third-order valence-electron chi connectivity index (χ3n) is 2.92. The first-order valence-electron chi connectivity index (χ1n) is 5.71. The molecule has 0 radical (unpaired) electrons. The first-order chi connectivity index (χ1) is 9.30. The SMILES string of the molecule is NS(=O)(=O)CC1CC(=O)N(c2ncc(Br)cc2C=O)C1. The molecule has 0 aromatic carbocycles. The molecule has 0 spiro atoms. The highest BCUT2D eigenvalue weighted by Gasteiger charge is 2.34. The Labute approximate surface area is 124 Å². The number of amides is 1. The van der Waals surface area contributed by atoms with Crippen LogP contribution in [0.25, 0.3) is 0 Å². The predicted molar refractivity (Wildman–Crippen MR) is 75.8 cm³/mol. The van der Waals surface area contributed by atoms with Crippen LogP contribution in [0.4, 0.5) is 5.82 Å². The van der Waals surface area contributed by atoms with E-state index in [1.54, 1.807) is 6.07 Å². The Morgan fingerprint density at radius 2 is 2.25 bits per heavy atom. The molecule has 20 heavy (non-hydrogen) atoms. The fourth-order valence-electron chi connectivity index (χ4n) is 2.19. The Morgan fingerprint density at radius 1 is 1.55 bits per heavy atom. The number of nitrogens with two attached hydrogens (primary N) is 1. The van der Waals surface area contributed by atoms with Crippen LogP contribution < -0.4 is 10.0 Å². The van der Waals surface area contributed by atoms with Gasteiger partial charge in [0.1, 0.15) is 5.82 Å². The molecule has 1 aliphatic rings. The van der Waals surface area contributed by atoms with Gasteiger partial charge in [0.2, 0.25) is 15.9 Å². The maximum absolute atomic E-state index is 11.9. The fourth-order valence-corrected chi connectivity index (χ4v) is 3.42. The molecular weight excluding hydrogens is 350 g/mol. The van der Waals surface area contributed by atoms with Crippen LogP contribution in [0.2, 0.25) is 0 Å². The number of aldehydes is 1. The number of hydrogen-bond acceptors (Lipinski definition) is 5. The fraction of sp³-hybridized carbons (Fsp3) is 0.364. The third kappa shape index (κ3) is 3.41. The number of primary sulfonamides is 1. The topological polar surface area (TPSA) is 110 Å². The number of rotatable bonds is 4. The average molecular weight is 362 g/mol. The van der Waals surface area contributed by atoms with Crippen LogP contribution in [-0.2, 0) is 14.8 Å². The molecular formula is C11H12BrN3O4S. The van der Waals surface area contributed by atoms with Gasteiger partial charge in [-0.2, -0.15) is 0 Å². The van der Waals surface area contributed by atoms with Gasteiger partial charge in [-0.3, -0.25) is 14.5 Å². The van der Waals surface area contributed by atoms with Crippen LogP contribution in [0.3, 0.4) is 0 Å². The van der Waals surface area contributed by atoms with Crippen LogP contribution in [0.5, 0.6) is 0 Å². The van der Waals surface area contributed by atoms with E-state index in [0.29, 0.717) is 10.8 Å². The van der Waals surface area contributed by atoms with E-state index in [0.717, 1.165) is 0 Å². The third-order valence-corrected chi connectivity index (χ3v) is 4.29. The lowest BCUT2D eigenvalue weighted by molar-refractivity contribution is -0.117. The number of carbonyl (C=O) groups excluding carboxylic acids is 2. The van der Waals surface area contributed by atoms with Gasteiger partial charge >= 0.3 is 0 Å². The van der Waals surface area contributed by atoms with Crippen LogP contribution in [0, 0.1) is 5.92 Å². The lowest BCUT2D eigenvalue weighted by Crippen LogP contribution is -2.28. The van der Waals surface area contributed by atoms with Crippen LogP contribution in [-0.4, -0.2) is 37.9 Å². The minimum atomic E-state index is -3.64. The highest BCUT2D eigenvalue weighted by Crippen LogP contribution is 2.27. The van der Waals surface area contributed by atoms with Crippen molar-refractivity contribution in [3.63, 3.8) is 0 Å². The minimum Gasteiger partial charge on any atom is -0.298 e. The number of aromatic nitrogens is 1. The zero-order chi connectivity index (χ0) is 14.9. The summed E-state index contributed by atoms with van der Waals surface area (Å²) in [6.07, 6.45) is 2.16. The van der Waals surface area contributed by atoms with Gasteiger partial charge in [0, 0.05) is 29.6 Å². The number of hydrogen-bond donors (Lipinski definition) is 1. The number of nitrogens with zero attached hydrogens (tertiary/aromatic N) is 2. The molecule has 0 bridgehead atoms. The van der Waals surface area contributed by atoms with Crippen molar-refractivity contribution in [2.24, 2.45) is 11.1 Å². The van der Waals surface area contributed by atoms with Crippen LogP contribution >= 0.6 is 15.9 Å². The summed E-state index contributed by atoms with van der Waals surface area (Å²) >= 11 is 3.19. The molecule has 0 aliphatic carbocycles. The maximum atomic E-state index is 11.9. The van der Waals surface area contributed by atoms with Crippen molar-refractivity contribution in [3.05, 3.63) is 22.3 Å². The zero-order valence-corrected chi connectivity index (χ0v) is 12.7. The summed E-state index contributed by atoms with van der Waals surface area (Å²) in [6.45, 7) is 0.185. The van der Waals surface area contributed by atoms with E-state index >= 15 is 0 Å². The number of pyridine rings is 1. The molecule has 2 rings (SSSR count). The molecule has 2 N–H and O–H groups in total. The highest BCUT2D eigenvalue weighted by molar-refractivity contribution is 9.10. The Hall–Kier alpha value is -1.32. The van der Waals surface area contributed by atoms with Gasteiger partial charge in [-0.15, -0.1) is 0 Å². The lowest BCUT2D eigenvalue weighted by Gasteiger charge is -2.17. The van der Waals surface area contributed by atoms with E-state index in [4.69, 9.17) is 5.14 Å². The van der Waals surface area contributed by atoms with Crippen molar-refractivity contribution >= 4 is 44.0 Å². The van der Waals surface area contributed by atoms with Gasteiger partial charge in [-0.05, 0) is 22.0 Å². The molecule has 108 valence electrons. The Kier molecular flexibility index (Phi) is 4.21. The van der Waals surface area contributed by atoms with Gasteiger partial charge in [-0.1, -0.05) is 0 Å². The molecule has 2 heterocycles. The van der Waals surface area contributed by atoms with Crippen molar-refractivity contribution in [1.82, 2.24) is 4.98 Å². The zero-order valence-electron chi connectivity index (χ0n) is 10.3. The molecule has 1 unspecified atom stereocenters. The summed E-state index contributed by atoms with van der Waals surface area (Å²) in [4.78, 5) is 28.4. The number of anilines is 1. The quantitative estimate of drug-likeness (QED) is 0.775. The summed E-state index contributed by atoms with van der Waals surface area (Å²) < 4.78 is 22.8. The summed E-state index contributed by atoms with van der Waals surface area (Å²) in [7, 11) is -3.64. The van der Waals surface area contributed by atoms with E-state index in [2.05, 4.69) is 20.9 Å². The Morgan fingerprint density at radius 3 is 2.85 bits per heavy atom. The minimum absolute atomic E-state index is 0.0759. The molecule has 9 heteroatoms. The van der Waals surface area contributed by atoms with Crippen molar-refractivity contribution in [3.8, 4) is 0 Å². The smallest absolute Gasteiger partial charge is 0.228 e. The van der Waals surface area contributed by atoms with Crippen molar-refractivity contribution < 1.29 is 18.0 Å². The summed E-state index contributed by atoms with van der Waals surface area (Å²) in [5.74, 6) is -0.675. The number of sulfonamides is 1. The second kappa shape index (κ2) is 5.58. The van der Waals surface area contributed by atoms with E-state index in [1.807, 2.05) is 0 Å². The van der Waals surface area contributed by atoms with Crippen LogP contribution in [0.1, 0.15) is 16.8 Å². The Balaban J connectivity index is 2.26. The van der Waals surface area contributed by atoms with Crippen molar-refractivity contribution in [1.29, 1.82) is 0 Å². The predicted octanol–water partition coefficient (Wildman–Crippen LogP) is 0.298. The average Bonchev–Trinajstić information content (AvgIpc) is 2.67. The summed E-state index contributed by atoms with van der Waals surface area (Å²) in [6, 6.07) is 1.55. The standard InChI is InChI=1S/C11H12BrN3O4S/c12-9-2-8(5-16)11(14-3-9)15-4-7(1-10(15)17)6-20(13,18)19/h2-3,5,7H,1,4,6H2,(H2,13,18,19). The van der Waals surface area contributed by atoms with E-state index in [9.17, 15) is 18.0 Å². The molecule has 7 nitrogen and oxygen atoms in total. The normalized spacial score (nSPS) is 19.4. The number of halogens is 1. The van der Waals surface area contributed by atoms with Crippen molar-refractivity contribution in [2.75, 3.05) is 17.2 Å². The first-order valence-corrected chi connectivity index (χ1v) is 8.22. The largest absolute Gasteiger partial charge is 0.298 e. The van der Waals surface area contributed by atoms with Crippen molar-refractivity contribution in [2.45, 2.75) is 6.42 Å². The molecule has 1 saturated heterocycles. The maximum Gasteiger partial charge on any atom is 0.228 e. The van der Waals surface area contributed by atoms with Crippen LogP contribution in [0.15, 0.2) is 16.7 Å². The van der Waals surface area contributed by atoms with Gasteiger partial charge < -0.3 is 0 Å². The molecule has 1 amide bonds. The molecule has 1 atom stereocenters. The van der Waals surface area contributed by atoms with Gasteiger partial charge in [-0.25, -0.2) is 18.5 Å². The van der Waals surface area contributed by atoms with Gasteiger partial charge in [0.15, 0.2) is 6.29 Å². The first kappa shape index (κ1) is 15.1. The van der Waals surface area contributed by atoms with E-state index < -0.39 is 10.0 Å². The van der Waals surface area contributed by atoms with E-state index in [-0.39, 0.29) is 41.9 Å². The monoisotopic (exact) mass is 361 g/mol. The highest BCUT2D eigenvalue weighted by atomic mass is 79.9. The second-order valence-electron chi connectivity index (χ2n) is 4.59.